The lowest BCUT2D eigenvalue weighted by Crippen LogP contribution is -2.50. The van der Waals surface area contributed by atoms with Crippen molar-refractivity contribution in [2.24, 2.45) is 23.1 Å². The number of carbonyl (C=O) groups is 5. The van der Waals surface area contributed by atoms with Crippen molar-refractivity contribution >= 4 is 29.5 Å². The molecule has 34 heavy (non-hydrogen) atoms. The molecule has 0 saturated heterocycles. The van der Waals surface area contributed by atoms with E-state index in [2.05, 4.69) is 16.0 Å². The normalized spacial score (nSPS) is 13.2. The zero-order valence-electron chi connectivity index (χ0n) is 19.5. The van der Waals surface area contributed by atoms with Gasteiger partial charge in [-0.2, -0.15) is 0 Å². The van der Waals surface area contributed by atoms with Crippen LogP contribution in [-0.2, 0) is 25.6 Å². The second-order valence-electron chi connectivity index (χ2n) is 8.03. The second kappa shape index (κ2) is 15.4. The first-order chi connectivity index (χ1) is 16.2. The molecule has 0 spiro atoms. The minimum atomic E-state index is -1.27. The number of unbranched alkanes of at least 4 members (excludes halogenated alkanes) is 1. The van der Waals surface area contributed by atoms with Crippen LogP contribution in [0.2, 0.25) is 0 Å². The number of ketones is 1. The largest absolute Gasteiger partial charge is 0.370 e. The Hall–Kier alpha value is -3.47. The molecule has 0 unspecified atom stereocenters. The van der Waals surface area contributed by atoms with E-state index in [1.807, 2.05) is 30.3 Å². The summed E-state index contributed by atoms with van der Waals surface area (Å²) in [6.07, 6.45) is 1.17. The minimum absolute atomic E-state index is 0.178. The molecule has 5 amide bonds. The predicted molar refractivity (Wildman–Crippen MR) is 127 cm³/mol. The highest BCUT2D eigenvalue weighted by Gasteiger charge is 2.30. The molecule has 0 radical (unpaired) electrons. The average molecular weight is 477 g/mol. The molecule has 0 bridgehead atoms. The van der Waals surface area contributed by atoms with Crippen LogP contribution >= 0.6 is 0 Å². The van der Waals surface area contributed by atoms with E-state index < -0.39 is 48.2 Å². The van der Waals surface area contributed by atoms with Gasteiger partial charge in [-0.15, -0.1) is 0 Å². The molecule has 3 atom stereocenters. The van der Waals surface area contributed by atoms with Gasteiger partial charge >= 0.3 is 6.03 Å². The van der Waals surface area contributed by atoms with Crippen molar-refractivity contribution in [1.29, 1.82) is 0 Å². The van der Waals surface area contributed by atoms with Crippen LogP contribution in [0.3, 0.4) is 0 Å². The number of urea groups is 1. The lowest BCUT2D eigenvalue weighted by atomic mass is 9.90. The van der Waals surface area contributed by atoms with Crippen molar-refractivity contribution < 1.29 is 24.0 Å². The van der Waals surface area contributed by atoms with Gasteiger partial charge in [0.1, 0.15) is 6.04 Å². The van der Waals surface area contributed by atoms with Crippen LogP contribution in [-0.4, -0.2) is 54.7 Å². The summed E-state index contributed by atoms with van der Waals surface area (Å²) in [6.45, 7) is 2.56. The number of benzene rings is 1. The van der Waals surface area contributed by atoms with Crippen molar-refractivity contribution in [3.05, 3.63) is 35.9 Å². The van der Waals surface area contributed by atoms with E-state index in [0.29, 0.717) is 32.4 Å². The Morgan fingerprint density at radius 2 is 1.59 bits per heavy atom. The first kappa shape index (κ1) is 28.6. The maximum Gasteiger partial charge on any atom is 0.315 e. The van der Waals surface area contributed by atoms with Gasteiger partial charge in [0.05, 0.1) is 12.5 Å². The molecule has 0 heterocycles. The van der Waals surface area contributed by atoms with Crippen LogP contribution in [0.4, 0.5) is 4.79 Å². The van der Waals surface area contributed by atoms with Crippen molar-refractivity contribution in [3.63, 3.8) is 0 Å². The van der Waals surface area contributed by atoms with Crippen molar-refractivity contribution in [3.8, 4) is 0 Å². The summed E-state index contributed by atoms with van der Waals surface area (Å²) < 4.78 is 0. The van der Waals surface area contributed by atoms with Crippen molar-refractivity contribution in [2.75, 3.05) is 13.1 Å². The molecular formula is C23H36N6O5. The highest BCUT2D eigenvalue weighted by atomic mass is 16.2. The first-order valence-corrected chi connectivity index (χ1v) is 11.4. The fourth-order valence-electron chi connectivity index (χ4n) is 3.42. The quantitative estimate of drug-likeness (QED) is 0.173. The summed E-state index contributed by atoms with van der Waals surface area (Å²) in [5.74, 6) is -3.43. The molecular weight excluding hydrogens is 440 g/mol. The summed E-state index contributed by atoms with van der Waals surface area (Å²) in [6, 6.07) is 6.55. The predicted octanol–water partition coefficient (Wildman–Crippen LogP) is -0.533. The van der Waals surface area contributed by atoms with Crippen LogP contribution in [0.5, 0.6) is 0 Å². The molecule has 9 N–H and O–H groups in total. The SMILES string of the molecule is CCNC(=O)N[C@@H](Cc1ccccc1)C(=O)C[C@@H](CCCCN)C(=O)N[C@@H](CC(N)=O)C(N)=O. The molecule has 0 fully saturated rings. The number of nitrogens with two attached hydrogens (primary N) is 3. The van der Waals surface area contributed by atoms with E-state index in [0.717, 1.165) is 5.56 Å². The Kier molecular flexibility index (Phi) is 12.9. The van der Waals surface area contributed by atoms with E-state index in [1.165, 1.54) is 0 Å². The smallest absolute Gasteiger partial charge is 0.315 e. The Balaban J connectivity index is 3.03. The van der Waals surface area contributed by atoms with E-state index in [4.69, 9.17) is 17.2 Å². The minimum Gasteiger partial charge on any atom is -0.370 e. The molecule has 11 nitrogen and oxygen atoms in total. The molecule has 0 aliphatic rings. The van der Waals surface area contributed by atoms with Crippen LogP contribution in [0, 0.1) is 5.92 Å². The monoisotopic (exact) mass is 476 g/mol. The first-order valence-electron chi connectivity index (χ1n) is 11.4. The zero-order valence-corrected chi connectivity index (χ0v) is 19.5. The van der Waals surface area contributed by atoms with Gasteiger partial charge in [-0.05, 0) is 38.3 Å². The second-order valence-corrected chi connectivity index (χ2v) is 8.03. The van der Waals surface area contributed by atoms with E-state index in [1.54, 1.807) is 6.92 Å². The maximum absolute atomic E-state index is 13.2. The third-order valence-electron chi connectivity index (χ3n) is 5.20. The van der Waals surface area contributed by atoms with Crippen molar-refractivity contribution in [2.45, 2.75) is 57.5 Å². The Labute approximate surface area is 199 Å². The highest BCUT2D eigenvalue weighted by Crippen LogP contribution is 2.17. The molecule has 0 aliphatic carbocycles. The molecule has 1 aromatic rings. The highest BCUT2D eigenvalue weighted by molar-refractivity contribution is 5.95. The number of hydrogen-bond acceptors (Lipinski definition) is 6. The molecule has 1 rings (SSSR count). The van der Waals surface area contributed by atoms with Crippen LogP contribution in [0.1, 0.15) is 44.6 Å². The summed E-state index contributed by atoms with van der Waals surface area (Å²) in [5, 5.41) is 7.71. The summed E-state index contributed by atoms with van der Waals surface area (Å²) in [5.41, 5.74) is 16.8. The van der Waals surface area contributed by atoms with Gasteiger partial charge in [-0.3, -0.25) is 19.2 Å². The number of carbonyl (C=O) groups excluding carboxylic acids is 5. The molecule has 0 aromatic heterocycles. The van der Waals surface area contributed by atoms with E-state index in [9.17, 15) is 24.0 Å². The standard InChI is InChI=1S/C23H36N6O5/c1-2-27-23(34)29-17(12-15-8-4-3-5-9-15)19(30)13-16(10-6-7-11-24)22(33)28-18(21(26)32)14-20(25)31/h3-5,8-9,16-18H,2,6-7,10-14,24H2,1H3,(H2,25,31)(H2,26,32)(H,28,33)(H2,27,29,34)/t16-,17+,18+/m1/s1. The zero-order chi connectivity index (χ0) is 25.5. The van der Waals surface area contributed by atoms with Crippen LogP contribution in [0.25, 0.3) is 0 Å². The van der Waals surface area contributed by atoms with Gasteiger partial charge in [0.15, 0.2) is 5.78 Å². The maximum atomic E-state index is 13.2. The lowest BCUT2D eigenvalue weighted by Gasteiger charge is -2.23. The number of rotatable bonds is 16. The van der Waals surface area contributed by atoms with Gasteiger partial charge in [0.2, 0.25) is 17.7 Å². The number of amides is 5. The fraction of sp³-hybridized carbons (Fsp3) is 0.522. The number of Topliss-reactive ketones (excluding diaryl/α,β-unsaturated/α-hetero) is 1. The van der Waals surface area contributed by atoms with Gasteiger partial charge in [-0.25, -0.2) is 4.79 Å². The molecule has 11 heteroatoms. The number of hydrogen-bond donors (Lipinski definition) is 6. The third kappa shape index (κ3) is 10.9. The van der Waals surface area contributed by atoms with Gasteiger partial charge < -0.3 is 33.2 Å². The Morgan fingerprint density at radius 3 is 2.15 bits per heavy atom. The molecule has 188 valence electrons. The van der Waals surface area contributed by atoms with E-state index in [-0.39, 0.29) is 18.6 Å². The number of primary amides is 2. The van der Waals surface area contributed by atoms with Crippen LogP contribution in [0.15, 0.2) is 30.3 Å². The summed E-state index contributed by atoms with van der Waals surface area (Å²) in [7, 11) is 0. The molecule has 0 aliphatic heterocycles. The topological polar surface area (TPSA) is 200 Å². The lowest BCUT2D eigenvalue weighted by molar-refractivity contribution is -0.133. The van der Waals surface area contributed by atoms with E-state index >= 15 is 0 Å². The Morgan fingerprint density at radius 1 is 0.912 bits per heavy atom. The van der Waals surface area contributed by atoms with Gasteiger partial charge in [-0.1, -0.05) is 36.8 Å². The summed E-state index contributed by atoms with van der Waals surface area (Å²) in [4.78, 5) is 61.1. The average Bonchev–Trinajstić information content (AvgIpc) is 2.78. The number of nitrogens with one attached hydrogen (secondary N) is 3. The Bertz CT molecular complexity index is 832. The fourth-order valence-corrected chi connectivity index (χ4v) is 3.42. The van der Waals surface area contributed by atoms with Gasteiger partial charge in [0, 0.05) is 18.9 Å². The van der Waals surface area contributed by atoms with Crippen LogP contribution < -0.4 is 33.2 Å². The molecule has 0 saturated carbocycles. The molecule has 1 aromatic carbocycles. The third-order valence-corrected chi connectivity index (χ3v) is 5.20. The summed E-state index contributed by atoms with van der Waals surface area (Å²) >= 11 is 0. The van der Waals surface area contributed by atoms with Crippen molar-refractivity contribution in [1.82, 2.24) is 16.0 Å². The van der Waals surface area contributed by atoms with Gasteiger partial charge in [0.25, 0.3) is 0 Å².